The number of amides is 1. The van der Waals surface area contributed by atoms with Crippen LogP contribution >= 0.6 is 0 Å². The van der Waals surface area contributed by atoms with E-state index in [9.17, 15) is 9.18 Å². The first-order valence-electron chi connectivity index (χ1n) is 6.71. The molecule has 3 aromatic rings. The lowest BCUT2D eigenvalue weighted by atomic mass is 10.1. The molecule has 0 bridgehead atoms. The van der Waals surface area contributed by atoms with Crippen LogP contribution in [0.3, 0.4) is 0 Å². The molecular weight excluding hydrogens is 283 g/mol. The molecule has 1 amide bonds. The first-order valence-corrected chi connectivity index (χ1v) is 6.71. The third-order valence-electron chi connectivity index (χ3n) is 3.21. The quantitative estimate of drug-likeness (QED) is 0.804. The fourth-order valence-electron chi connectivity index (χ4n) is 2.03. The van der Waals surface area contributed by atoms with Crippen LogP contribution in [-0.4, -0.2) is 20.7 Å². The number of hydrogen-bond acceptors (Lipinski definition) is 3. The van der Waals surface area contributed by atoms with Crippen molar-refractivity contribution < 1.29 is 9.18 Å². The first kappa shape index (κ1) is 13.9. The van der Waals surface area contributed by atoms with Crippen LogP contribution in [0.4, 0.5) is 4.39 Å². The number of hydrogen-bond donors (Lipinski definition) is 1. The van der Waals surface area contributed by atoms with Crippen molar-refractivity contribution in [3.8, 4) is 5.69 Å². The van der Waals surface area contributed by atoms with Gasteiger partial charge >= 0.3 is 0 Å². The van der Waals surface area contributed by atoms with Crippen LogP contribution in [-0.2, 0) is 6.54 Å². The van der Waals surface area contributed by atoms with E-state index in [-0.39, 0.29) is 18.3 Å². The summed E-state index contributed by atoms with van der Waals surface area (Å²) in [6.45, 7) is 0.149. The van der Waals surface area contributed by atoms with Gasteiger partial charge in [-0.2, -0.15) is 5.10 Å². The van der Waals surface area contributed by atoms with Crippen LogP contribution in [0, 0.1) is 5.82 Å². The van der Waals surface area contributed by atoms with Crippen LogP contribution in [0.2, 0.25) is 0 Å². The van der Waals surface area contributed by atoms with Crippen molar-refractivity contribution in [3.63, 3.8) is 0 Å². The summed E-state index contributed by atoms with van der Waals surface area (Å²) in [5.74, 6) is -0.585. The second-order valence-electron chi connectivity index (χ2n) is 4.66. The summed E-state index contributed by atoms with van der Waals surface area (Å²) in [5, 5.41) is 6.71. The second kappa shape index (κ2) is 6.17. The zero-order valence-corrected chi connectivity index (χ0v) is 11.6. The Labute approximate surface area is 126 Å². The van der Waals surface area contributed by atoms with E-state index >= 15 is 0 Å². The highest BCUT2D eigenvalue weighted by Gasteiger charge is 2.07. The molecule has 1 heterocycles. The lowest BCUT2D eigenvalue weighted by Gasteiger charge is -2.07. The van der Waals surface area contributed by atoms with Gasteiger partial charge in [-0.25, -0.2) is 14.1 Å². The molecule has 0 saturated carbocycles. The van der Waals surface area contributed by atoms with E-state index in [0.29, 0.717) is 11.1 Å². The molecule has 0 spiro atoms. The predicted molar refractivity (Wildman–Crippen MR) is 78.9 cm³/mol. The maximum absolute atomic E-state index is 13.5. The van der Waals surface area contributed by atoms with E-state index in [1.807, 2.05) is 0 Å². The molecule has 5 nitrogen and oxygen atoms in total. The number of aromatic nitrogens is 3. The van der Waals surface area contributed by atoms with Crippen molar-refractivity contribution in [2.24, 2.45) is 0 Å². The summed E-state index contributed by atoms with van der Waals surface area (Å²) in [4.78, 5) is 15.9. The lowest BCUT2D eigenvalue weighted by Crippen LogP contribution is -2.23. The Kier molecular flexibility index (Phi) is 3.91. The second-order valence-corrected chi connectivity index (χ2v) is 4.66. The Bertz CT molecular complexity index is 769. The van der Waals surface area contributed by atoms with E-state index in [1.165, 1.54) is 12.4 Å². The number of carbonyl (C=O) groups excluding carboxylic acids is 1. The van der Waals surface area contributed by atoms with E-state index < -0.39 is 0 Å². The number of carbonyl (C=O) groups is 1. The molecule has 0 unspecified atom stereocenters. The molecule has 1 N–H and O–H groups in total. The Morgan fingerprint density at radius 3 is 2.59 bits per heavy atom. The monoisotopic (exact) mass is 296 g/mol. The third-order valence-corrected chi connectivity index (χ3v) is 3.21. The third kappa shape index (κ3) is 3.01. The Morgan fingerprint density at radius 2 is 1.91 bits per heavy atom. The highest BCUT2D eigenvalue weighted by molar-refractivity contribution is 5.94. The highest BCUT2D eigenvalue weighted by atomic mass is 19.1. The maximum atomic E-state index is 13.5. The van der Waals surface area contributed by atoms with Gasteiger partial charge in [-0.05, 0) is 30.3 Å². The van der Waals surface area contributed by atoms with Gasteiger partial charge in [0.2, 0.25) is 0 Å². The van der Waals surface area contributed by atoms with E-state index in [0.717, 1.165) is 5.69 Å². The number of nitrogens with zero attached hydrogens (tertiary/aromatic N) is 3. The predicted octanol–water partition coefficient (Wildman–Crippen LogP) is 2.34. The molecule has 110 valence electrons. The number of nitrogens with one attached hydrogen (secondary N) is 1. The number of rotatable bonds is 4. The van der Waals surface area contributed by atoms with Crippen molar-refractivity contribution in [1.82, 2.24) is 20.1 Å². The molecule has 0 aliphatic carbocycles. The van der Waals surface area contributed by atoms with Gasteiger partial charge in [0.1, 0.15) is 18.5 Å². The molecule has 0 atom stereocenters. The van der Waals surface area contributed by atoms with Crippen LogP contribution in [0.5, 0.6) is 0 Å². The Balaban J connectivity index is 1.67. The Hall–Kier alpha value is -3.02. The molecule has 0 saturated heterocycles. The van der Waals surface area contributed by atoms with Crippen molar-refractivity contribution in [3.05, 3.63) is 78.1 Å². The molecule has 0 radical (unpaired) electrons. The zero-order valence-electron chi connectivity index (χ0n) is 11.6. The molecule has 1 aromatic heterocycles. The fourth-order valence-corrected chi connectivity index (χ4v) is 2.03. The van der Waals surface area contributed by atoms with Crippen molar-refractivity contribution in [2.75, 3.05) is 0 Å². The first-order chi connectivity index (χ1) is 10.7. The molecular formula is C16H13FN4O. The molecule has 22 heavy (non-hydrogen) atoms. The van der Waals surface area contributed by atoms with Crippen LogP contribution in [0.1, 0.15) is 15.9 Å². The summed E-state index contributed by atoms with van der Waals surface area (Å²) in [6, 6.07) is 13.3. The average Bonchev–Trinajstić information content (AvgIpc) is 3.08. The SMILES string of the molecule is O=C(NCc1ccccc1F)c1ccc(-n2cncn2)cc1. The van der Waals surface area contributed by atoms with Gasteiger partial charge in [-0.3, -0.25) is 4.79 Å². The standard InChI is InChI=1S/C16H13FN4O/c17-15-4-2-1-3-13(15)9-19-16(22)12-5-7-14(8-6-12)21-11-18-10-20-21/h1-8,10-11H,9H2,(H,19,22). The van der Waals surface area contributed by atoms with Gasteiger partial charge in [0.15, 0.2) is 0 Å². The molecule has 3 rings (SSSR count). The summed E-state index contributed by atoms with van der Waals surface area (Å²) in [7, 11) is 0. The van der Waals surface area contributed by atoms with Crippen LogP contribution in [0.25, 0.3) is 5.69 Å². The van der Waals surface area contributed by atoms with Crippen LogP contribution < -0.4 is 5.32 Å². The minimum atomic E-state index is -0.329. The smallest absolute Gasteiger partial charge is 0.251 e. The number of benzene rings is 2. The van der Waals surface area contributed by atoms with Crippen molar-refractivity contribution in [1.29, 1.82) is 0 Å². The molecule has 0 aliphatic heterocycles. The minimum Gasteiger partial charge on any atom is -0.348 e. The summed E-state index contributed by atoms with van der Waals surface area (Å²) >= 11 is 0. The van der Waals surface area contributed by atoms with E-state index in [2.05, 4.69) is 15.4 Å². The zero-order chi connectivity index (χ0) is 15.4. The molecule has 6 heteroatoms. The van der Waals surface area contributed by atoms with Gasteiger partial charge in [0, 0.05) is 17.7 Å². The van der Waals surface area contributed by atoms with Gasteiger partial charge in [0.05, 0.1) is 5.69 Å². The van der Waals surface area contributed by atoms with Gasteiger partial charge in [0.25, 0.3) is 5.91 Å². The topological polar surface area (TPSA) is 59.8 Å². The van der Waals surface area contributed by atoms with E-state index in [4.69, 9.17) is 0 Å². The summed E-state index contributed by atoms with van der Waals surface area (Å²) in [6.07, 6.45) is 3.02. The number of halogens is 1. The average molecular weight is 296 g/mol. The van der Waals surface area contributed by atoms with Crippen molar-refractivity contribution >= 4 is 5.91 Å². The highest BCUT2D eigenvalue weighted by Crippen LogP contribution is 2.09. The van der Waals surface area contributed by atoms with Gasteiger partial charge < -0.3 is 5.32 Å². The fraction of sp³-hybridized carbons (Fsp3) is 0.0625. The summed E-state index contributed by atoms with van der Waals surface area (Å²) in [5.41, 5.74) is 1.76. The van der Waals surface area contributed by atoms with Crippen LogP contribution in [0.15, 0.2) is 61.2 Å². The largest absolute Gasteiger partial charge is 0.348 e. The van der Waals surface area contributed by atoms with Gasteiger partial charge in [-0.1, -0.05) is 18.2 Å². The summed E-state index contributed by atoms with van der Waals surface area (Å²) < 4.78 is 15.1. The molecule has 2 aromatic carbocycles. The Morgan fingerprint density at radius 1 is 1.14 bits per heavy atom. The van der Waals surface area contributed by atoms with Crippen molar-refractivity contribution in [2.45, 2.75) is 6.54 Å². The normalized spacial score (nSPS) is 10.4. The molecule has 0 aliphatic rings. The minimum absolute atomic E-state index is 0.149. The van der Waals surface area contributed by atoms with Gasteiger partial charge in [-0.15, -0.1) is 0 Å². The van der Waals surface area contributed by atoms with E-state index in [1.54, 1.807) is 53.5 Å². The maximum Gasteiger partial charge on any atom is 0.251 e. The molecule has 0 fully saturated rings. The lowest BCUT2D eigenvalue weighted by molar-refractivity contribution is 0.0950.